The van der Waals surface area contributed by atoms with Crippen LogP contribution in [0.3, 0.4) is 0 Å². The highest BCUT2D eigenvalue weighted by atomic mass is 16.5. The van der Waals surface area contributed by atoms with E-state index < -0.39 is 0 Å². The first-order chi connectivity index (χ1) is 9.71. The van der Waals surface area contributed by atoms with E-state index in [2.05, 4.69) is 15.6 Å². The molecule has 0 fully saturated rings. The van der Waals surface area contributed by atoms with Gasteiger partial charge < -0.3 is 15.8 Å². The predicted octanol–water partition coefficient (Wildman–Crippen LogP) is 2.19. The molecule has 0 atom stereocenters. The Morgan fingerprint density at radius 1 is 1.20 bits per heavy atom. The molecule has 104 valence electrons. The van der Waals surface area contributed by atoms with Gasteiger partial charge in [0.1, 0.15) is 11.6 Å². The van der Waals surface area contributed by atoms with E-state index in [0.29, 0.717) is 18.1 Å². The number of rotatable bonds is 4. The van der Waals surface area contributed by atoms with Gasteiger partial charge in [-0.25, -0.2) is 9.78 Å². The Morgan fingerprint density at radius 3 is 2.50 bits per heavy atom. The van der Waals surface area contributed by atoms with Gasteiger partial charge in [0.2, 0.25) is 0 Å². The highest BCUT2D eigenvalue weighted by molar-refractivity contribution is 5.99. The van der Waals surface area contributed by atoms with Crippen LogP contribution in [0.25, 0.3) is 0 Å². The van der Waals surface area contributed by atoms with Crippen molar-refractivity contribution in [3.8, 4) is 5.75 Å². The van der Waals surface area contributed by atoms with E-state index in [-0.39, 0.29) is 6.03 Å². The summed E-state index contributed by atoms with van der Waals surface area (Å²) >= 11 is 0. The zero-order valence-electron chi connectivity index (χ0n) is 11.1. The molecule has 0 aliphatic rings. The van der Waals surface area contributed by atoms with Gasteiger partial charge in [0.05, 0.1) is 7.11 Å². The number of benzene rings is 1. The van der Waals surface area contributed by atoms with Crippen LogP contribution in [0.1, 0.15) is 5.56 Å². The monoisotopic (exact) mass is 272 g/mol. The van der Waals surface area contributed by atoms with E-state index in [1.54, 1.807) is 43.6 Å². The number of anilines is 2. The zero-order chi connectivity index (χ0) is 14.4. The number of nitrogens with one attached hydrogen (secondary N) is 2. The van der Waals surface area contributed by atoms with Crippen LogP contribution in [0, 0.1) is 0 Å². The van der Waals surface area contributed by atoms with Gasteiger partial charge in [0, 0.05) is 18.4 Å². The third-order valence-electron chi connectivity index (χ3n) is 2.65. The molecule has 1 aromatic heterocycles. The Kier molecular flexibility index (Phi) is 4.52. The lowest BCUT2D eigenvalue weighted by Gasteiger charge is -2.08. The van der Waals surface area contributed by atoms with Crippen LogP contribution in [-0.4, -0.2) is 18.1 Å². The first kappa shape index (κ1) is 13.8. The minimum Gasteiger partial charge on any atom is -0.497 e. The number of pyridine rings is 1. The SMILES string of the molecule is COc1ccc(NC(=O)Nc2ccc(CN)cn2)cc1. The summed E-state index contributed by atoms with van der Waals surface area (Å²) in [7, 11) is 1.59. The highest BCUT2D eigenvalue weighted by Gasteiger charge is 2.03. The summed E-state index contributed by atoms with van der Waals surface area (Å²) in [6, 6.07) is 10.2. The molecule has 20 heavy (non-hydrogen) atoms. The average molecular weight is 272 g/mol. The number of carbonyl (C=O) groups is 1. The second-order valence-corrected chi connectivity index (χ2v) is 4.06. The predicted molar refractivity (Wildman–Crippen MR) is 77.8 cm³/mol. The number of nitrogens with two attached hydrogens (primary N) is 1. The van der Waals surface area contributed by atoms with Gasteiger partial charge in [-0.2, -0.15) is 0 Å². The minimum absolute atomic E-state index is 0.358. The Labute approximate surface area is 117 Å². The van der Waals surface area contributed by atoms with Crippen molar-refractivity contribution < 1.29 is 9.53 Å². The maximum absolute atomic E-state index is 11.8. The van der Waals surface area contributed by atoms with Crippen molar-refractivity contribution in [1.29, 1.82) is 0 Å². The first-order valence-electron chi connectivity index (χ1n) is 6.08. The summed E-state index contributed by atoms with van der Waals surface area (Å²) in [6.07, 6.45) is 1.63. The van der Waals surface area contributed by atoms with Gasteiger partial charge in [-0.1, -0.05) is 6.07 Å². The fourth-order valence-electron chi connectivity index (χ4n) is 1.57. The first-order valence-corrected chi connectivity index (χ1v) is 6.08. The van der Waals surface area contributed by atoms with Gasteiger partial charge in [0.25, 0.3) is 0 Å². The number of ether oxygens (including phenoxy) is 1. The molecule has 0 spiro atoms. The lowest BCUT2D eigenvalue weighted by atomic mass is 10.3. The lowest BCUT2D eigenvalue weighted by molar-refractivity contribution is 0.262. The van der Waals surface area contributed by atoms with Gasteiger partial charge in [-0.15, -0.1) is 0 Å². The molecular formula is C14H16N4O2. The van der Waals surface area contributed by atoms with Gasteiger partial charge in [-0.05, 0) is 35.9 Å². The molecular weight excluding hydrogens is 256 g/mol. The topological polar surface area (TPSA) is 89.3 Å². The second kappa shape index (κ2) is 6.53. The number of hydrogen-bond acceptors (Lipinski definition) is 4. The summed E-state index contributed by atoms with van der Waals surface area (Å²) in [4.78, 5) is 15.9. The highest BCUT2D eigenvalue weighted by Crippen LogP contribution is 2.15. The summed E-state index contributed by atoms with van der Waals surface area (Å²) in [5, 5.41) is 5.34. The van der Waals surface area contributed by atoms with E-state index in [1.165, 1.54) is 0 Å². The standard InChI is InChI=1S/C14H16N4O2/c1-20-12-5-3-11(4-6-12)17-14(19)18-13-7-2-10(8-15)9-16-13/h2-7,9H,8,15H2,1H3,(H2,16,17,18,19). The fraction of sp³-hybridized carbons (Fsp3) is 0.143. The van der Waals surface area contributed by atoms with E-state index >= 15 is 0 Å². The molecule has 0 saturated carbocycles. The third-order valence-corrected chi connectivity index (χ3v) is 2.65. The van der Waals surface area contributed by atoms with Crippen LogP contribution in [-0.2, 0) is 6.54 Å². The summed E-state index contributed by atoms with van der Waals surface area (Å²) < 4.78 is 5.04. The average Bonchev–Trinajstić information content (AvgIpc) is 2.49. The maximum atomic E-state index is 11.8. The second-order valence-electron chi connectivity index (χ2n) is 4.06. The lowest BCUT2D eigenvalue weighted by Crippen LogP contribution is -2.20. The van der Waals surface area contributed by atoms with Crippen molar-refractivity contribution in [3.05, 3.63) is 48.2 Å². The summed E-state index contributed by atoms with van der Waals surface area (Å²) in [6.45, 7) is 0.422. The molecule has 2 amide bonds. The largest absolute Gasteiger partial charge is 0.497 e. The van der Waals surface area contributed by atoms with Crippen LogP contribution in [0.5, 0.6) is 5.75 Å². The number of amides is 2. The molecule has 0 aliphatic carbocycles. The van der Waals surface area contributed by atoms with Gasteiger partial charge >= 0.3 is 6.03 Å². The van der Waals surface area contributed by atoms with Gasteiger partial charge in [0.15, 0.2) is 0 Å². The molecule has 0 unspecified atom stereocenters. The van der Waals surface area contributed by atoms with Crippen LogP contribution in [0.4, 0.5) is 16.3 Å². The summed E-state index contributed by atoms with van der Waals surface area (Å²) in [5.74, 6) is 1.20. The quantitative estimate of drug-likeness (QED) is 0.796. The Balaban J connectivity index is 1.93. The Morgan fingerprint density at radius 2 is 1.95 bits per heavy atom. The number of carbonyl (C=O) groups excluding carboxylic acids is 1. The zero-order valence-corrected chi connectivity index (χ0v) is 11.1. The molecule has 4 N–H and O–H groups in total. The molecule has 6 nitrogen and oxygen atoms in total. The van der Waals surface area contributed by atoms with E-state index in [1.807, 2.05) is 6.07 Å². The molecule has 2 aromatic rings. The van der Waals surface area contributed by atoms with Crippen molar-refractivity contribution in [3.63, 3.8) is 0 Å². The van der Waals surface area contributed by atoms with Crippen molar-refractivity contribution in [2.24, 2.45) is 5.73 Å². The number of nitrogens with zero attached hydrogens (tertiary/aromatic N) is 1. The van der Waals surface area contributed by atoms with E-state index in [4.69, 9.17) is 10.5 Å². The number of methoxy groups -OCH3 is 1. The third kappa shape index (κ3) is 3.69. The molecule has 0 radical (unpaired) electrons. The number of aromatic nitrogens is 1. The number of hydrogen-bond donors (Lipinski definition) is 3. The van der Waals surface area contributed by atoms with Crippen molar-refractivity contribution in [1.82, 2.24) is 4.98 Å². The Hall–Kier alpha value is -2.60. The molecule has 1 aromatic carbocycles. The van der Waals surface area contributed by atoms with Crippen LogP contribution < -0.4 is 21.1 Å². The molecule has 6 heteroatoms. The van der Waals surface area contributed by atoms with Gasteiger partial charge in [-0.3, -0.25) is 5.32 Å². The molecule has 2 rings (SSSR count). The van der Waals surface area contributed by atoms with Crippen molar-refractivity contribution >= 4 is 17.5 Å². The van der Waals surface area contributed by atoms with Crippen LogP contribution >= 0.6 is 0 Å². The van der Waals surface area contributed by atoms with Crippen molar-refractivity contribution in [2.75, 3.05) is 17.7 Å². The number of urea groups is 1. The normalized spacial score (nSPS) is 9.90. The fourth-order valence-corrected chi connectivity index (χ4v) is 1.57. The molecule has 0 aliphatic heterocycles. The molecule has 1 heterocycles. The smallest absolute Gasteiger partial charge is 0.324 e. The Bertz CT molecular complexity index is 515. The van der Waals surface area contributed by atoms with E-state index in [0.717, 1.165) is 11.3 Å². The van der Waals surface area contributed by atoms with Crippen molar-refractivity contribution in [2.45, 2.75) is 6.54 Å². The molecule has 0 saturated heterocycles. The van der Waals surface area contributed by atoms with Crippen LogP contribution in [0.15, 0.2) is 42.6 Å². The molecule has 0 bridgehead atoms. The summed E-state index contributed by atoms with van der Waals surface area (Å²) in [5.41, 5.74) is 7.05. The van der Waals surface area contributed by atoms with Crippen LogP contribution in [0.2, 0.25) is 0 Å². The van der Waals surface area contributed by atoms with E-state index in [9.17, 15) is 4.79 Å². The minimum atomic E-state index is -0.358. The maximum Gasteiger partial charge on any atom is 0.324 e.